The molecule has 0 fully saturated rings. The van der Waals surface area contributed by atoms with E-state index < -0.39 is 15.8 Å². The van der Waals surface area contributed by atoms with Crippen LogP contribution in [0.25, 0.3) is 0 Å². The van der Waals surface area contributed by atoms with Crippen LogP contribution < -0.4 is 10.5 Å². The van der Waals surface area contributed by atoms with E-state index in [-0.39, 0.29) is 22.7 Å². The Hall–Kier alpha value is -1.93. The molecule has 8 heteroatoms. The van der Waals surface area contributed by atoms with Gasteiger partial charge in [0.25, 0.3) is 0 Å². The minimum atomic E-state index is -3.80. The molecule has 0 aliphatic rings. The number of halogens is 1. The van der Waals surface area contributed by atoms with Crippen molar-refractivity contribution in [2.24, 2.45) is 0 Å². The first kappa shape index (κ1) is 15.5. The van der Waals surface area contributed by atoms with Gasteiger partial charge in [0.2, 0.25) is 10.0 Å². The van der Waals surface area contributed by atoms with Crippen molar-refractivity contribution in [1.29, 1.82) is 0 Å². The van der Waals surface area contributed by atoms with Gasteiger partial charge in [0, 0.05) is 24.0 Å². The highest BCUT2D eigenvalue weighted by atomic mass is 32.2. The molecule has 114 valence electrons. The summed E-state index contributed by atoms with van der Waals surface area (Å²) in [6.07, 6.45) is 3.49. The molecular formula is C13H17FN4O2S. The molecule has 3 N–H and O–H groups in total. The third-order valence-electron chi connectivity index (χ3n) is 3.06. The standard InChI is InChI=1S/C13H17FN4O2S/c1-9-7-16-18(8-9)4-3-17-21(19,20)11-5-12(14)10(2)13(15)6-11/h5-8,17H,3-4,15H2,1-2H3. The molecule has 0 atom stereocenters. The van der Waals surface area contributed by atoms with E-state index in [2.05, 4.69) is 9.82 Å². The zero-order valence-electron chi connectivity index (χ0n) is 11.8. The summed E-state index contributed by atoms with van der Waals surface area (Å²) in [5.41, 5.74) is 6.93. The predicted octanol–water partition coefficient (Wildman–Crippen LogP) is 1.20. The van der Waals surface area contributed by atoms with E-state index >= 15 is 0 Å². The quantitative estimate of drug-likeness (QED) is 0.812. The fourth-order valence-corrected chi connectivity index (χ4v) is 2.86. The van der Waals surface area contributed by atoms with Gasteiger partial charge in [0.15, 0.2) is 0 Å². The van der Waals surface area contributed by atoms with Crippen LogP contribution >= 0.6 is 0 Å². The summed E-state index contributed by atoms with van der Waals surface area (Å²) in [4.78, 5) is -0.181. The molecular weight excluding hydrogens is 295 g/mol. The number of nitrogens with two attached hydrogens (primary N) is 1. The second-order valence-electron chi connectivity index (χ2n) is 4.80. The maximum atomic E-state index is 13.6. The normalized spacial score (nSPS) is 11.8. The number of anilines is 1. The highest BCUT2D eigenvalue weighted by molar-refractivity contribution is 7.89. The Labute approximate surface area is 122 Å². The van der Waals surface area contributed by atoms with E-state index in [0.717, 1.165) is 11.6 Å². The summed E-state index contributed by atoms with van der Waals surface area (Å²) in [6, 6.07) is 2.21. The van der Waals surface area contributed by atoms with Crippen LogP contribution in [0.5, 0.6) is 0 Å². The number of hydrogen-bond donors (Lipinski definition) is 2. The Morgan fingerprint density at radius 3 is 2.67 bits per heavy atom. The molecule has 1 aromatic heterocycles. The van der Waals surface area contributed by atoms with Gasteiger partial charge in [0.05, 0.1) is 17.6 Å². The molecule has 0 bridgehead atoms. The first-order valence-corrected chi connectivity index (χ1v) is 7.82. The van der Waals surface area contributed by atoms with Gasteiger partial charge in [-0.2, -0.15) is 5.10 Å². The number of aryl methyl sites for hydroxylation is 1. The molecule has 2 rings (SSSR count). The minimum absolute atomic E-state index is 0.109. The lowest BCUT2D eigenvalue weighted by Crippen LogP contribution is -2.27. The van der Waals surface area contributed by atoms with E-state index in [0.29, 0.717) is 6.54 Å². The summed E-state index contributed by atoms with van der Waals surface area (Å²) in [5.74, 6) is -0.641. The van der Waals surface area contributed by atoms with Gasteiger partial charge in [-0.1, -0.05) is 0 Å². The molecule has 0 spiro atoms. The fraction of sp³-hybridized carbons (Fsp3) is 0.308. The molecule has 21 heavy (non-hydrogen) atoms. The predicted molar refractivity (Wildman–Crippen MR) is 77.7 cm³/mol. The minimum Gasteiger partial charge on any atom is -0.398 e. The molecule has 1 aromatic carbocycles. The molecule has 6 nitrogen and oxygen atoms in total. The highest BCUT2D eigenvalue weighted by Crippen LogP contribution is 2.20. The Balaban J connectivity index is 2.08. The number of nitrogens with zero attached hydrogens (tertiary/aromatic N) is 2. The Morgan fingerprint density at radius 1 is 1.38 bits per heavy atom. The van der Waals surface area contributed by atoms with Crippen molar-refractivity contribution in [2.75, 3.05) is 12.3 Å². The first-order chi connectivity index (χ1) is 9.79. The lowest BCUT2D eigenvalue weighted by Gasteiger charge is -2.09. The summed E-state index contributed by atoms with van der Waals surface area (Å²) in [6.45, 7) is 3.93. The molecule has 0 amide bonds. The van der Waals surface area contributed by atoms with Crippen LogP contribution in [0.3, 0.4) is 0 Å². The zero-order chi connectivity index (χ0) is 15.6. The van der Waals surface area contributed by atoms with Crippen molar-refractivity contribution in [3.8, 4) is 0 Å². The van der Waals surface area contributed by atoms with Crippen LogP contribution in [-0.4, -0.2) is 24.7 Å². The van der Waals surface area contributed by atoms with Gasteiger partial charge in [-0.15, -0.1) is 0 Å². The monoisotopic (exact) mass is 312 g/mol. The van der Waals surface area contributed by atoms with Crippen molar-refractivity contribution < 1.29 is 12.8 Å². The number of sulfonamides is 1. The fourth-order valence-electron chi connectivity index (χ4n) is 1.80. The first-order valence-electron chi connectivity index (χ1n) is 6.34. The molecule has 1 heterocycles. The van der Waals surface area contributed by atoms with Crippen molar-refractivity contribution >= 4 is 15.7 Å². The lowest BCUT2D eigenvalue weighted by atomic mass is 10.2. The van der Waals surface area contributed by atoms with Gasteiger partial charge in [-0.25, -0.2) is 17.5 Å². The lowest BCUT2D eigenvalue weighted by molar-refractivity contribution is 0.558. The van der Waals surface area contributed by atoms with Crippen molar-refractivity contribution in [1.82, 2.24) is 14.5 Å². The Bertz CT molecular complexity index is 732. The maximum absolute atomic E-state index is 13.6. The Morgan fingerprint density at radius 2 is 2.10 bits per heavy atom. The van der Waals surface area contributed by atoms with Gasteiger partial charge >= 0.3 is 0 Å². The molecule has 0 aliphatic carbocycles. The number of aromatic nitrogens is 2. The van der Waals surface area contributed by atoms with Crippen LogP contribution in [0.15, 0.2) is 29.4 Å². The van der Waals surface area contributed by atoms with Crippen LogP contribution in [0.2, 0.25) is 0 Å². The SMILES string of the molecule is Cc1cnn(CCNS(=O)(=O)c2cc(N)c(C)c(F)c2)c1. The third-order valence-corrected chi connectivity index (χ3v) is 4.50. The van der Waals surface area contributed by atoms with E-state index in [1.165, 1.54) is 13.0 Å². The van der Waals surface area contributed by atoms with Crippen molar-refractivity contribution in [3.63, 3.8) is 0 Å². The number of nitrogen functional groups attached to an aromatic ring is 1. The summed E-state index contributed by atoms with van der Waals surface area (Å²) >= 11 is 0. The van der Waals surface area contributed by atoms with Gasteiger partial charge in [0.1, 0.15) is 5.82 Å². The van der Waals surface area contributed by atoms with Gasteiger partial charge < -0.3 is 5.73 Å². The van der Waals surface area contributed by atoms with Gasteiger partial charge in [-0.05, 0) is 31.5 Å². The van der Waals surface area contributed by atoms with E-state index in [4.69, 9.17) is 5.73 Å². The van der Waals surface area contributed by atoms with Crippen LogP contribution in [-0.2, 0) is 16.6 Å². The number of nitrogens with one attached hydrogen (secondary N) is 1. The van der Waals surface area contributed by atoms with Crippen molar-refractivity contribution in [2.45, 2.75) is 25.3 Å². The van der Waals surface area contributed by atoms with Gasteiger partial charge in [-0.3, -0.25) is 4.68 Å². The largest absolute Gasteiger partial charge is 0.398 e. The average molecular weight is 312 g/mol. The number of hydrogen-bond acceptors (Lipinski definition) is 4. The van der Waals surface area contributed by atoms with Crippen molar-refractivity contribution in [3.05, 3.63) is 41.5 Å². The average Bonchev–Trinajstić information content (AvgIpc) is 2.81. The molecule has 0 saturated carbocycles. The molecule has 0 saturated heterocycles. The number of rotatable bonds is 5. The van der Waals surface area contributed by atoms with Crippen LogP contribution in [0, 0.1) is 19.7 Å². The van der Waals surface area contributed by atoms with E-state index in [9.17, 15) is 12.8 Å². The van der Waals surface area contributed by atoms with Crippen LogP contribution in [0.4, 0.5) is 10.1 Å². The number of benzene rings is 1. The topological polar surface area (TPSA) is 90.0 Å². The molecule has 2 aromatic rings. The van der Waals surface area contributed by atoms with E-state index in [1.54, 1.807) is 17.1 Å². The Kier molecular flexibility index (Phi) is 4.29. The maximum Gasteiger partial charge on any atom is 0.240 e. The van der Waals surface area contributed by atoms with E-state index in [1.807, 2.05) is 6.92 Å². The summed E-state index contributed by atoms with van der Waals surface area (Å²) in [7, 11) is -3.80. The third kappa shape index (κ3) is 3.59. The molecule has 0 aliphatic heterocycles. The molecule has 0 unspecified atom stereocenters. The summed E-state index contributed by atoms with van der Waals surface area (Å²) in [5, 5.41) is 4.05. The van der Waals surface area contributed by atoms with Crippen LogP contribution in [0.1, 0.15) is 11.1 Å². The second kappa shape index (κ2) is 5.82. The summed E-state index contributed by atoms with van der Waals surface area (Å²) < 4.78 is 41.8. The molecule has 0 radical (unpaired) electrons. The zero-order valence-corrected chi connectivity index (χ0v) is 12.6. The second-order valence-corrected chi connectivity index (χ2v) is 6.56. The highest BCUT2D eigenvalue weighted by Gasteiger charge is 2.17. The smallest absolute Gasteiger partial charge is 0.240 e.